The molecular formula is C33H29N3O2. The Labute approximate surface area is 221 Å². The number of allylic oxidation sites excluding steroid dienone is 4. The van der Waals surface area contributed by atoms with Crippen molar-refractivity contribution < 1.29 is 5.11 Å². The van der Waals surface area contributed by atoms with Crippen LogP contribution in [0.25, 0.3) is 27.1 Å². The van der Waals surface area contributed by atoms with E-state index in [9.17, 15) is 9.90 Å². The molecule has 5 heteroatoms. The highest BCUT2D eigenvalue weighted by Crippen LogP contribution is 2.41. The number of nitrogens with zero attached hydrogens (tertiary/aromatic N) is 1. The van der Waals surface area contributed by atoms with Gasteiger partial charge in [0.15, 0.2) is 0 Å². The number of anilines is 1. The third-order valence-corrected chi connectivity index (χ3v) is 7.55. The summed E-state index contributed by atoms with van der Waals surface area (Å²) in [6, 6.07) is 24.0. The number of aromatic hydroxyl groups is 1. The summed E-state index contributed by atoms with van der Waals surface area (Å²) in [7, 11) is 0. The largest absolute Gasteiger partial charge is 0.506 e. The van der Waals surface area contributed by atoms with Crippen LogP contribution in [0.1, 0.15) is 41.5 Å². The lowest BCUT2D eigenvalue weighted by molar-refractivity contribution is 0.478. The number of phenolic OH excluding ortho intramolecular Hbond substituents is 1. The van der Waals surface area contributed by atoms with Crippen molar-refractivity contribution in [1.82, 2.24) is 10.2 Å². The summed E-state index contributed by atoms with van der Waals surface area (Å²) in [5, 5.41) is 20.0. The van der Waals surface area contributed by atoms with Gasteiger partial charge in [-0.15, -0.1) is 0 Å². The summed E-state index contributed by atoms with van der Waals surface area (Å²) < 4.78 is 0. The van der Waals surface area contributed by atoms with Gasteiger partial charge in [-0.25, -0.2) is 5.10 Å². The second kappa shape index (κ2) is 10.0. The fourth-order valence-electron chi connectivity index (χ4n) is 5.69. The molecule has 1 heterocycles. The van der Waals surface area contributed by atoms with Crippen LogP contribution in [0.15, 0.2) is 102 Å². The summed E-state index contributed by atoms with van der Waals surface area (Å²) in [5.41, 5.74) is 14.6. The van der Waals surface area contributed by atoms with Crippen LogP contribution in [0, 0.1) is 0 Å². The van der Waals surface area contributed by atoms with Crippen LogP contribution in [0.2, 0.25) is 0 Å². The number of rotatable bonds is 2. The van der Waals surface area contributed by atoms with Crippen LogP contribution < -0.4 is 11.3 Å². The molecular weight excluding hydrogens is 470 g/mol. The molecule has 4 N–H and O–H groups in total. The Hall–Kier alpha value is -4.64. The highest BCUT2D eigenvalue weighted by atomic mass is 16.3. The second-order valence-electron chi connectivity index (χ2n) is 9.92. The predicted octanol–water partition coefficient (Wildman–Crippen LogP) is 6.69. The Morgan fingerprint density at radius 3 is 2.66 bits per heavy atom. The van der Waals surface area contributed by atoms with E-state index in [1.165, 1.54) is 52.3 Å². The van der Waals surface area contributed by atoms with Gasteiger partial charge in [0.1, 0.15) is 5.75 Å². The van der Waals surface area contributed by atoms with Crippen LogP contribution >= 0.6 is 0 Å². The van der Waals surface area contributed by atoms with Gasteiger partial charge in [0.2, 0.25) is 0 Å². The van der Waals surface area contributed by atoms with Crippen LogP contribution in [0.4, 0.5) is 5.69 Å². The van der Waals surface area contributed by atoms with Crippen molar-refractivity contribution in [3.8, 4) is 5.75 Å². The van der Waals surface area contributed by atoms with Gasteiger partial charge in [-0.3, -0.25) is 4.79 Å². The molecule has 188 valence electrons. The first kappa shape index (κ1) is 23.7. The molecule has 0 unspecified atom stereocenters. The normalized spacial score (nSPS) is 14.1. The van der Waals surface area contributed by atoms with E-state index >= 15 is 0 Å². The van der Waals surface area contributed by atoms with Gasteiger partial charge < -0.3 is 10.8 Å². The third kappa shape index (κ3) is 4.48. The number of H-pyrrole nitrogens is 1. The Morgan fingerprint density at radius 2 is 1.79 bits per heavy atom. The van der Waals surface area contributed by atoms with E-state index in [0.717, 1.165) is 23.8 Å². The highest BCUT2D eigenvalue weighted by molar-refractivity contribution is 5.96. The molecule has 0 saturated heterocycles. The van der Waals surface area contributed by atoms with E-state index in [-0.39, 0.29) is 11.3 Å². The summed E-state index contributed by atoms with van der Waals surface area (Å²) in [6.45, 7) is 0. The summed E-state index contributed by atoms with van der Waals surface area (Å²) in [5.74, 6) is 0.151. The van der Waals surface area contributed by atoms with Gasteiger partial charge in [0, 0.05) is 10.8 Å². The lowest BCUT2D eigenvalue weighted by Gasteiger charge is -2.26. The zero-order chi connectivity index (χ0) is 26.1. The maximum Gasteiger partial charge on any atom is 0.272 e. The highest BCUT2D eigenvalue weighted by Gasteiger charge is 2.21. The first-order chi connectivity index (χ1) is 18.6. The number of benzene rings is 4. The number of phenols is 1. The molecule has 0 fully saturated rings. The number of fused-ring (bicyclic) bond motifs is 5. The zero-order valence-electron chi connectivity index (χ0n) is 21.1. The molecule has 2 aliphatic carbocycles. The van der Waals surface area contributed by atoms with Crippen LogP contribution in [-0.2, 0) is 12.8 Å². The molecule has 2 aliphatic rings. The standard InChI is InChI=1S/C25H23NO.C8H6N2O/c26-23-15-16(8-13-24(23)27)14-19-6-3-5-18-10-11-21-20-7-2-1-4-17(20)9-12-22(21)25(18)19;11-8-7-4-2-1-3-6(7)5-9-10-8/h2-3,5-8,10-11,13,15,27H,1,4,9,12,14,26H2;1-5H,(H,10,11). The van der Waals surface area contributed by atoms with Crippen molar-refractivity contribution in [1.29, 1.82) is 0 Å². The van der Waals surface area contributed by atoms with Gasteiger partial charge >= 0.3 is 0 Å². The first-order valence-electron chi connectivity index (χ1n) is 13.0. The minimum Gasteiger partial charge on any atom is -0.506 e. The van der Waals surface area contributed by atoms with Crippen molar-refractivity contribution in [2.24, 2.45) is 0 Å². The Bertz CT molecular complexity index is 1790. The number of nitrogens with two attached hydrogens (primary N) is 1. The molecule has 0 bridgehead atoms. The van der Waals surface area contributed by atoms with E-state index in [4.69, 9.17) is 5.73 Å². The molecule has 0 atom stereocenters. The van der Waals surface area contributed by atoms with Crippen molar-refractivity contribution in [3.05, 3.63) is 129 Å². The molecule has 4 aromatic carbocycles. The predicted molar refractivity (Wildman–Crippen MR) is 155 cm³/mol. The molecule has 38 heavy (non-hydrogen) atoms. The second-order valence-corrected chi connectivity index (χ2v) is 9.92. The SMILES string of the molecule is Nc1cc(Cc2cccc3ccc4c(c23)CCC2=C4C=CCC2)ccc1O.O=c1[nH]ncc2ccccc12. The monoisotopic (exact) mass is 499 g/mol. The van der Waals surface area contributed by atoms with Crippen LogP contribution in [0.3, 0.4) is 0 Å². The number of nitrogens with one attached hydrogen (secondary N) is 1. The van der Waals surface area contributed by atoms with Gasteiger partial charge in [-0.2, -0.15) is 5.10 Å². The Balaban J connectivity index is 0.000000200. The number of aromatic nitrogens is 2. The first-order valence-corrected chi connectivity index (χ1v) is 13.0. The average Bonchev–Trinajstić information content (AvgIpc) is 2.95. The van der Waals surface area contributed by atoms with Crippen molar-refractivity contribution in [2.45, 2.75) is 32.1 Å². The van der Waals surface area contributed by atoms with E-state index < -0.39 is 0 Å². The Morgan fingerprint density at radius 1 is 0.921 bits per heavy atom. The zero-order valence-corrected chi connectivity index (χ0v) is 21.1. The number of hydrogen-bond acceptors (Lipinski definition) is 4. The molecule has 0 radical (unpaired) electrons. The molecule has 1 aromatic heterocycles. The van der Waals surface area contributed by atoms with Crippen LogP contribution in [0.5, 0.6) is 5.75 Å². The topological polar surface area (TPSA) is 92.0 Å². The number of aryl methyl sites for hydroxylation is 1. The van der Waals surface area contributed by atoms with Crippen molar-refractivity contribution >= 4 is 32.8 Å². The van der Waals surface area contributed by atoms with E-state index in [1.54, 1.807) is 23.9 Å². The lowest BCUT2D eigenvalue weighted by Crippen LogP contribution is -2.08. The molecule has 0 spiro atoms. The molecule has 0 saturated carbocycles. The van der Waals surface area contributed by atoms with E-state index in [1.807, 2.05) is 30.3 Å². The van der Waals surface area contributed by atoms with Crippen LogP contribution in [-0.4, -0.2) is 15.3 Å². The summed E-state index contributed by atoms with van der Waals surface area (Å²) in [6.07, 6.45) is 11.8. The maximum absolute atomic E-state index is 11.1. The minimum atomic E-state index is -0.136. The fraction of sp³-hybridized carbons (Fsp3) is 0.152. The van der Waals surface area contributed by atoms with Gasteiger partial charge in [0.05, 0.1) is 11.9 Å². The quantitative estimate of drug-likeness (QED) is 0.186. The maximum atomic E-state index is 11.1. The number of nitrogen functional groups attached to an aromatic ring is 1. The number of aromatic amines is 1. The smallest absolute Gasteiger partial charge is 0.272 e. The molecule has 5 aromatic rings. The minimum absolute atomic E-state index is 0.136. The molecule has 5 nitrogen and oxygen atoms in total. The van der Waals surface area contributed by atoms with Gasteiger partial charge in [-0.1, -0.05) is 72.3 Å². The average molecular weight is 500 g/mol. The van der Waals surface area contributed by atoms with E-state index in [2.05, 4.69) is 52.7 Å². The van der Waals surface area contributed by atoms with Crippen molar-refractivity contribution in [2.75, 3.05) is 5.73 Å². The van der Waals surface area contributed by atoms with E-state index in [0.29, 0.717) is 11.1 Å². The summed E-state index contributed by atoms with van der Waals surface area (Å²) in [4.78, 5) is 11.1. The molecule has 0 aliphatic heterocycles. The summed E-state index contributed by atoms with van der Waals surface area (Å²) >= 11 is 0. The number of hydrogen-bond donors (Lipinski definition) is 3. The van der Waals surface area contributed by atoms with Gasteiger partial charge in [-0.05, 0) is 88.9 Å². The molecule has 7 rings (SSSR count). The van der Waals surface area contributed by atoms with Gasteiger partial charge in [0.25, 0.3) is 5.56 Å². The lowest BCUT2D eigenvalue weighted by atomic mass is 9.78. The fourth-order valence-corrected chi connectivity index (χ4v) is 5.69. The Kier molecular flexibility index (Phi) is 6.26. The third-order valence-electron chi connectivity index (χ3n) is 7.55. The molecule has 0 amide bonds. The van der Waals surface area contributed by atoms with Crippen molar-refractivity contribution in [3.63, 3.8) is 0 Å².